The number of pyridine rings is 1. The number of aryl methyl sites for hydroxylation is 1. The number of para-hydroxylation sites is 1. The topological polar surface area (TPSA) is 62.3 Å². The van der Waals surface area contributed by atoms with E-state index in [1.807, 2.05) is 24.3 Å². The van der Waals surface area contributed by atoms with Gasteiger partial charge >= 0.3 is 0 Å². The van der Waals surface area contributed by atoms with Crippen molar-refractivity contribution in [2.45, 2.75) is 12.8 Å². The van der Waals surface area contributed by atoms with E-state index in [-0.39, 0.29) is 17.3 Å². The SMILES string of the molecule is O=C(Nc1cccc(Cl)c1)c1cccc(C(=O)N2CCCc3ccccc32)n1. The first kappa shape index (κ1) is 18.2. The number of amides is 2. The third-order valence-corrected chi connectivity index (χ3v) is 4.87. The van der Waals surface area contributed by atoms with E-state index in [9.17, 15) is 9.59 Å². The lowest BCUT2D eigenvalue weighted by Crippen LogP contribution is -2.36. The van der Waals surface area contributed by atoms with E-state index in [1.165, 1.54) is 0 Å². The molecule has 0 radical (unpaired) electrons. The Morgan fingerprint density at radius 3 is 2.61 bits per heavy atom. The van der Waals surface area contributed by atoms with Crippen LogP contribution in [0, 0.1) is 0 Å². The molecule has 0 bridgehead atoms. The summed E-state index contributed by atoms with van der Waals surface area (Å²) in [5.41, 5.74) is 3.05. The van der Waals surface area contributed by atoms with E-state index >= 15 is 0 Å². The highest BCUT2D eigenvalue weighted by Crippen LogP contribution is 2.27. The molecule has 0 unspecified atom stereocenters. The number of hydrogen-bond donors (Lipinski definition) is 1. The lowest BCUT2D eigenvalue weighted by Gasteiger charge is -2.29. The fourth-order valence-electron chi connectivity index (χ4n) is 3.32. The van der Waals surface area contributed by atoms with Gasteiger partial charge in [0.2, 0.25) is 0 Å². The summed E-state index contributed by atoms with van der Waals surface area (Å²) in [6, 6.07) is 19.6. The molecule has 2 heterocycles. The summed E-state index contributed by atoms with van der Waals surface area (Å²) in [7, 11) is 0. The predicted molar refractivity (Wildman–Crippen MR) is 110 cm³/mol. The van der Waals surface area contributed by atoms with Crippen molar-refractivity contribution in [3.8, 4) is 0 Å². The maximum absolute atomic E-state index is 13.1. The Labute approximate surface area is 168 Å². The van der Waals surface area contributed by atoms with Crippen molar-refractivity contribution in [2.75, 3.05) is 16.8 Å². The molecular formula is C22H18ClN3O2. The van der Waals surface area contributed by atoms with Crippen LogP contribution in [0.4, 0.5) is 11.4 Å². The zero-order chi connectivity index (χ0) is 19.5. The maximum atomic E-state index is 13.1. The van der Waals surface area contributed by atoms with Gasteiger partial charge in [-0.25, -0.2) is 4.98 Å². The van der Waals surface area contributed by atoms with Gasteiger partial charge in [0.1, 0.15) is 11.4 Å². The van der Waals surface area contributed by atoms with Crippen LogP contribution in [0.25, 0.3) is 0 Å². The lowest BCUT2D eigenvalue weighted by molar-refractivity contribution is 0.0980. The average Bonchev–Trinajstić information content (AvgIpc) is 2.73. The molecule has 0 atom stereocenters. The Morgan fingerprint density at radius 1 is 0.964 bits per heavy atom. The lowest BCUT2D eigenvalue weighted by atomic mass is 10.0. The standard InChI is InChI=1S/C22H18ClN3O2/c23-16-8-3-9-17(14-16)24-21(27)18-10-4-11-19(25-18)22(28)26-13-5-7-15-6-1-2-12-20(15)26/h1-4,6,8-12,14H,5,7,13H2,(H,24,27). The summed E-state index contributed by atoms with van der Waals surface area (Å²) in [5, 5.41) is 3.28. The number of carbonyl (C=O) groups excluding carboxylic acids is 2. The number of hydrogen-bond acceptors (Lipinski definition) is 3. The molecule has 0 aliphatic carbocycles. The number of fused-ring (bicyclic) bond motifs is 1. The van der Waals surface area contributed by atoms with E-state index < -0.39 is 5.91 Å². The minimum Gasteiger partial charge on any atom is -0.321 e. The number of benzene rings is 2. The summed E-state index contributed by atoms with van der Waals surface area (Å²) < 4.78 is 0. The summed E-state index contributed by atoms with van der Waals surface area (Å²) in [6.45, 7) is 0.635. The number of rotatable bonds is 3. The van der Waals surface area contributed by atoms with E-state index in [0.29, 0.717) is 17.3 Å². The molecule has 2 amide bonds. The van der Waals surface area contributed by atoms with E-state index in [1.54, 1.807) is 47.4 Å². The van der Waals surface area contributed by atoms with Gasteiger partial charge in [-0.05, 0) is 54.8 Å². The third kappa shape index (κ3) is 3.75. The fraction of sp³-hybridized carbons (Fsp3) is 0.136. The van der Waals surface area contributed by atoms with Crippen LogP contribution in [-0.2, 0) is 6.42 Å². The number of halogens is 1. The third-order valence-electron chi connectivity index (χ3n) is 4.64. The highest BCUT2D eigenvalue weighted by atomic mass is 35.5. The Bertz CT molecular complexity index is 1050. The van der Waals surface area contributed by atoms with Gasteiger partial charge in [0.25, 0.3) is 11.8 Å². The Hall–Kier alpha value is -3.18. The summed E-state index contributed by atoms with van der Waals surface area (Å²) in [4.78, 5) is 31.6. The van der Waals surface area contributed by atoms with Crippen LogP contribution in [0.3, 0.4) is 0 Å². The molecule has 1 aliphatic rings. The summed E-state index contributed by atoms with van der Waals surface area (Å²) in [6.07, 6.45) is 1.85. The quantitative estimate of drug-likeness (QED) is 0.710. The second-order valence-electron chi connectivity index (χ2n) is 6.56. The van der Waals surface area contributed by atoms with Crippen LogP contribution in [-0.4, -0.2) is 23.3 Å². The molecular weight excluding hydrogens is 374 g/mol. The van der Waals surface area contributed by atoms with Crippen molar-refractivity contribution < 1.29 is 9.59 Å². The molecule has 28 heavy (non-hydrogen) atoms. The van der Waals surface area contributed by atoms with Gasteiger partial charge in [-0.3, -0.25) is 9.59 Å². The van der Waals surface area contributed by atoms with Gasteiger partial charge in [0.15, 0.2) is 0 Å². The largest absolute Gasteiger partial charge is 0.321 e. The Balaban J connectivity index is 1.57. The van der Waals surface area contributed by atoms with E-state index in [0.717, 1.165) is 24.1 Å². The molecule has 140 valence electrons. The molecule has 0 fully saturated rings. The average molecular weight is 392 g/mol. The maximum Gasteiger partial charge on any atom is 0.276 e. The van der Waals surface area contributed by atoms with Crippen LogP contribution < -0.4 is 10.2 Å². The zero-order valence-electron chi connectivity index (χ0n) is 15.1. The highest BCUT2D eigenvalue weighted by molar-refractivity contribution is 6.31. The van der Waals surface area contributed by atoms with Gasteiger partial charge in [-0.1, -0.05) is 41.9 Å². The van der Waals surface area contributed by atoms with Crippen molar-refractivity contribution in [3.63, 3.8) is 0 Å². The Kier molecular flexibility index (Phi) is 5.08. The molecule has 0 saturated carbocycles. The minimum atomic E-state index is -0.393. The number of nitrogens with one attached hydrogen (secondary N) is 1. The minimum absolute atomic E-state index is 0.177. The van der Waals surface area contributed by atoms with Crippen molar-refractivity contribution >= 4 is 34.8 Å². The van der Waals surface area contributed by atoms with Gasteiger partial charge in [0, 0.05) is 22.9 Å². The zero-order valence-corrected chi connectivity index (χ0v) is 15.8. The van der Waals surface area contributed by atoms with Crippen LogP contribution in [0.15, 0.2) is 66.7 Å². The molecule has 2 aromatic carbocycles. The molecule has 1 N–H and O–H groups in total. The molecule has 5 nitrogen and oxygen atoms in total. The smallest absolute Gasteiger partial charge is 0.276 e. The van der Waals surface area contributed by atoms with E-state index in [4.69, 9.17) is 11.6 Å². The molecule has 6 heteroatoms. The van der Waals surface area contributed by atoms with Crippen molar-refractivity contribution in [2.24, 2.45) is 0 Å². The van der Waals surface area contributed by atoms with Gasteiger partial charge in [-0.15, -0.1) is 0 Å². The normalized spacial score (nSPS) is 13.0. The monoisotopic (exact) mass is 391 g/mol. The second kappa shape index (κ2) is 7.82. The number of aromatic nitrogens is 1. The molecule has 0 spiro atoms. The van der Waals surface area contributed by atoms with Gasteiger partial charge in [0.05, 0.1) is 0 Å². The summed E-state index contributed by atoms with van der Waals surface area (Å²) >= 11 is 5.95. The van der Waals surface area contributed by atoms with Crippen LogP contribution in [0.2, 0.25) is 5.02 Å². The first-order chi connectivity index (χ1) is 13.6. The second-order valence-corrected chi connectivity index (χ2v) is 7.00. The molecule has 3 aromatic rings. The molecule has 4 rings (SSSR count). The first-order valence-corrected chi connectivity index (χ1v) is 9.43. The molecule has 1 aliphatic heterocycles. The number of nitrogens with zero attached hydrogens (tertiary/aromatic N) is 2. The van der Waals surface area contributed by atoms with E-state index in [2.05, 4.69) is 10.3 Å². The van der Waals surface area contributed by atoms with Crippen LogP contribution >= 0.6 is 11.6 Å². The fourth-order valence-corrected chi connectivity index (χ4v) is 3.51. The van der Waals surface area contributed by atoms with Crippen molar-refractivity contribution in [1.29, 1.82) is 0 Å². The predicted octanol–water partition coefficient (Wildman–Crippen LogP) is 4.58. The highest BCUT2D eigenvalue weighted by Gasteiger charge is 2.24. The molecule has 0 saturated heterocycles. The number of carbonyl (C=O) groups is 2. The van der Waals surface area contributed by atoms with Crippen molar-refractivity contribution in [1.82, 2.24) is 4.98 Å². The van der Waals surface area contributed by atoms with Crippen molar-refractivity contribution in [3.05, 3.63) is 88.7 Å². The summed E-state index contributed by atoms with van der Waals surface area (Å²) in [5.74, 6) is -0.597. The van der Waals surface area contributed by atoms with Crippen LogP contribution in [0.5, 0.6) is 0 Å². The first-order valence-electron chi connectivity index (χ1n) is 9.05. The molecule has 1 aromatic heterocycles. The van der Waals surface area contributed by atoms with Gasteiger partial charge in [-0.2, -0.15) is 0 Å². The number of anilines is 2. The van der Waals surface area contributed by atoms with Gasteiger partial charge < -0.3 is 10.2 Å². The Morgan fingerprint density at radius 2 is 1.75 bits per heavy atom. The van der Waals surface area contributed by atoms with Crippen LogP contribution in [0.1, 0.15) is 33.0 Å².